The molecule has 0 unspecified atom stereocenters. The molecule has 4 rings (SSSR count). The number of nitrogens with one attached hydrogen (secondary N) is 1. The molecular formula is C27H27Cl2N3O3. The van der Waals surface area contributed by atoms with Gasteiger partial charge in [-0.05, 0) is 67.4 Å². The van der Waals surface area contributed by atoms with Crippen molar-refractivity contribution in [3.8, 4) is 5.75 Å². The molecule has 2 amide bonds. The lowest BCUT2D eigenvalue weighted by molar-refractivity contribution is -0.118. The molecule has 1 N–H and O–H groups in total. The summed E-state index contributed by atoms with van der Waals surface area (Å²) in [6, 6.07) is 18.3. The zero-order valence-electron chi connectivity index (χ0n) is 19.7. The number of piperazine rings is 1. The Morgan fingerprint density at radius 3 is 2.31 bits per heavy atom. The first-order valence-corrected chi connectivity index (χ1v) is 12.2. The molecule has 182 valence electrons. The largest absolute Gasteiger partial charge is 0.484 e. The van der Waals surface area contributed by atoms with Gasteiger partial charge >= 0.3 is 0 Å². The SMILES string of the molecule is Cc1cc(OCC(=O)Nc2ccc(N3CCN(C(=O)c4ccccc4C)CC3)c(Cl)c2)ccc1Cl. The monoisotopic (exact) mass is 511 g/mol. The van der Waals surface area contributed by atoms with Crippen LogP contribution in [0.25, 0.3) is 0 Å². The van der Waals surface area contributed by atoms with E-state index in [0.29, 0.717) is 47.7 Å². The van der Waals surface area contributed by atoms with Crippen LogP contribution in [-0.2, 0) is 4.79 Å². The Hall–Kier alpha value is -3.22. The molecule has 0 atom stereocenters. The number of carbonyl (C=O) groups is 2. The summed E-state index contributed by atoms with van der Waals surface area (Å²) in [7, 11) is 0. The van der Waals surface area contributed by atoms with E-state index in [1.807, 2.05) is 55.1 Å². The Morgan fingerprint density at radius 2 is 1.63 bits per heavy atom. The van der Waals surface area contributed by atoms with Crippen molar-refractivity contribution in [2.75, 3.05) is 43.0 Å². The molecule has 0 aliphatic carbocycles. The Bertz CT molecular complexity index is 1240. The molecule has 3 aromatic rings. The smallest absolute Gasteiger partial charge is 0.262 e. The fourth-order valence-corrected chi connectivity index (χ4v) is 4.45. The van der Waals surface area contributed by atoms with Crippen LogP contribution in [0.4, 0.5) is 11.4 Å². The van der Waals surface area contributed by atoms with E-state index in [4.69, 9.17) is 27.9 Å². The number of nitrogens with zero attached hydrogens (tertiary/aromatic N) is 2. The predicted octanol–water partition coefficient (Wildman–Crippen LogP) is 5.59. The molecule has 0 bridgehead atoms. The van der Waals surface area contributed by atoms with Gasteiger partial charge in [-0.3, -0.25) is 9.59 Å². The first-order valence-electron chi connectivity index (χ1n) is 11.4. The third-order valence-corrected chi connectivity index (χ3v) is 6.74. The van der Waals surface area contributed by atoms with E-state index in [1.54, 1.807) is 24.3 Å². The molecule has 8 heteroatoms. The second-order valence-corrected chi connectivity index (χ2v) is 9.32. The van der Waals surface area contributed by atoms with Crippen molar-refractivity contribution in [2.45, 2.75) is 13.8 Å². The molecule has 6 nitrogen and oxygen atoms in total. The molecule has 0 aromatic heterocycles. The number of rotatable bonds is 6. The summed E-state index contributed by atoms with van der Waals surface area (Å²) >= 11 is 12.6. The Kier molecular flexibility index (Phi) is 7.83. The van der Waals surface area contributed by atoms with Crippen LogP contribution in [-0.4, -0.2) is 49.5 Å². The first-order chi connectivity index (χ1) is 16.8. The van der Waals surface area contributed by atoms with Gasteiger partial charge in [-0.25, -0.2) is 0 Å². The van der Waals surface area contributed by atoms with Crippen LogP contribution in [0.15, 0.2) is 60.7 Å². The first kappa shape index (κ1) is 24.9. The number of hydrogen-bond acceptors (Lipinski definition) is 4. The molecule has 1 saturated heterocycles. The topological polar surface area (TPSA) is 61.9 Å². The highest BCUT2D eigenvalue weighted by molar-refractivity contribution is 6.33. The maximum atomic E-state index is 12.9. The molecule has 3 aromatic carbocycles. The van der Waals surface area contributed by atoms with E-state index < -0.39 is 0 Å². The summed E-state index contributed by atoms with van der Waals surface area (Å²) in [5.41, 5.74) is 4.07. The maximum absolute atomic E-state index is 12.9. The van der Waals surface area contributed by atoms with Crippen molar-refractivity contribution < 1.29 is 14.3 Å². The quantitative estimate of drug-likeness (QED) is 0.468. The van der Waals surface area contributed by atoms with E-state index in [-0.39, 0.29) is 18.4 Å². The summed E-state index contributed by atoms with van der Waals surface area (Å²) in [6.07, 6.45) is 0. The van der Waals surface area contributed by atoms with E-state index in [9.17, 15) is 9.59 Å². The van der Waals surface area contributed by atoms with Crippen molar-refractivity contribution >= 4 is 46.4 Å². The van der Waals surface area contributed by atoms with Crippen LogP contribution in [0.5, 0.6) is 5.75 Å². The highest BCUT2D eigenvalue weighted by Gasteiger charge is 2.24. The minimum atomic E-state index is -0.287. The average molecular weight is 512 g/mol. The van der Waals surface area contributed by atoms with Gasteiger partial charge in [0.25, 0.3) is 11.8 Å². The number of amides is 2. The second-order valence-electron chi connectivity index (χ2n) is 8.51. The second kappa shape index (κ2) is 11.0. The Balaban J connectivity index is 1.31. The summed E-state index contributed by atoms with van der Waals surface area (Å²) in [5, 5.41) is 4.00. The molecule has 1 fully saturated rings. The van der Waals surface area contributed by atoms with Crippen molar-refractivity contribution in [1.82, 2.24) is 4.90 Å². The van der Waals surface area contributed by atoms with Crippen LogP contribution in [0.2, 0.25) is 10.0 Å². The van der Waals surface area contributed by atoms with Gasteiger partial charge < -0.3 is 19.9 Å². The van der Waals surface area contributed by atoms with Crippen molar-refractivity contribution in [2.24, 2.45) is 0 Å². The van der Waals surface area contributed by atoms with Gasteiger partial charge in [0.2, 0.25) is 0 Å². The summed E-state index contributed by atoms with van der Waals surface area (Å²) < 4.78 is 5.55. The summed E-state index contributed by atoms with van der Waals surface area (Å²) in [4.78, 5) is 29.2. The molecule has 0 spiro atoms. The molecule has 1 aliphatic rings. The Morgan fingerprint density at radius 1 is 0.886 bits per heavy atom. The predicted molar refractivity (Wildman–Crippen MR) is 141 cm³/mol. The van der Waals surface area contributed by atoms with Crippen LogP contribution in [0.3, 0.4) is 0 Å². The van der Waals surface area contributed by atoms with E-state index in [1.165, 1.54) is 0 Å². The van der Waals surface area contributed by atoms with Crippen molar-refractivity contribution in [3.05, 3.63) is 87.4 Å². The van der Waals surface area contributed by atoms with E-state index >= 15 is 0 Å². The van der Waals surface area contributed by atoms with Crippen LogP contribution < -0.4 is 15.0 Å². The zero-order valence-corrected chi connectivity index (χ0v) is 21.2. The third kappa shape index (κ3) is 6.08. The van der Waals surface area contributed by atoms with Gasteiger partial charge in [0.05, 0.1) is 10.7 Å². The number of benzene rings is 3. The van der Waals surface area contributed by atoms with Gasteiger partial charge in [-0.1, -0.05) is 41.4 Å². The normalized spacial score (nSPS) is 13.5. The lowest BCUT2D eigenvalue weighted by Gasteiger charge is -2.36. The van der Waals surface area contributed by atoms with E-state index in [2.05, 4.69) is 10.2 Å². The number of halogens is 2. The average Bonchev–Trinajstić information content (AvgIpc) is 2.85. The van der Waals surface area contributed by atoms with Crippen LogP contribution in [0.1, 0.15) is 21.5 Å². The van der Waals surface area contributed by atoms with Crippen LogP contribution >= 0.6 is 23.2 Å². The summed E-state index contributed by atoms with van der Waals surface area (Å²) in [6.45, 7) is 6.29. The van der Waals surface area contributed by atoms with Crippen molar-refractivity contribution in [3.63, 3.8) is 0 Å². The van der Waals surface area contributed by atoms with Crippen LogP contribution in [0, 0.1) is 13.8 Å². The lowest BCUT2D eigenvalue weighted by Crippen LogP contribution is -2.49. The minimum absolute atomic E-state index is 0.0582. The van der Waals surface area contributed by atoms with E-state index in [0.717, 1.165) is 22.4 Å². The highest BCUT2D eigenvalue weighted by Crippen LogP contribution is 2.30. The molecule has 35 heavy (non-hydrogen) atoms. The van der Waals surface area contributed by atoms with Crippen molar-refractivity contribution in [1.29, 1.82) is 0 Å². The fraction of sp³-hybridized carbons (Fsp3) is 0.259. The van der Waals surface area contributed by atoms with Gasteiger partial charge in [0, 0.05) is 42.5 Å². The number of ether oxygens (including phenoxy) is 1. The van der Waals surface area contributed by atoms with Gasteiger partial charge in [0.15, 0.2) is 6.61 Å². The third-order valence-electron chi connectivity index (χ3n) is 6.01. The highest BCUT2D eigenvalue weighted by atomic mass is 35.5. The molecule has 0 saturated carbocycles. The maximum Gasteiger partial charge on any atom is 0.262 e. The summed E-state index contributed by atoms with van der Waals surface area (Å²) in [5.74, 6) is 0.350. The molecular weight excluding hydrogens is 485 g/mol. The van der Waals surface area contributed by atoms with Gasteiger partial charge in [-0.15, -0.1) is 0 Å². The van der Waals surface area contributed by atoms with Gasteiger partial charge in [0.1, 0.15) is 5.75 Å². The number of hydrogen-bond donors (Lipinski definition) is 1. The Labute approximate surface area is 215 Å². The lowest BCUT2D eigenvalue weighted by atomic mass is 10.1. The number of carbonyl (C=O) groups excluding carboxylic acids is 2. The zero-order chi connectivity index (χ0) is 24.9. The molecule has 1 heterocycles. The molecule has 0 radical (unpaired) electrons. The number of anilines is 2. The molecule has 1 aliphatic heterocycles. The number of aryl methyl sites for hydroxylation is 2. The van der Waals surface area contributed by atoms with Gasteiger partial charge in [-0.2, -0.15) is 0 Å². The fourth-order valence-electron chi connectivity index (χ4n) is 4.03. The minimum Gasteiger partial charge on any atom is -0.484 e. The standard InChI is InChI=1S/C27H27Cl2N3O3/c1-18-5-3-4-6-22(18)27(34)32-13-11-31(12-14-32)25-10-7-20(16-24(25)29)30-26(33)17-35-21-8-9-23(28)19(2)15-21/h3-10,15-16H,11-14,17H2,1-2H3,(H,30,33).